The fourth-order valence-corrected chi connectivity index (χ4v) is 3.86. The summed E-state index contributed by atoms with van der Waals surface area (Å²) in [4.78, 5) is 51.4. The maximum atomic E-state index is 14.1. The van der Waals surface area contributed by atoms with Gasteiger partial charge in [-0.05, 0) is 24.6 Å². The minimum absolute atomic E-state index is 0.0403. The number of anilines is 1. The number of nitrogens with one attached hydrogen (secondary N) is 2. The Kier molecular flexibility index (Phi) is 6.35. The molecule has 3 aromatic rings. The van der Waals surface area contributed by atoms with E-state index < -0.39 is 35.3 Å². The summed E-state index contributed by atoms with van der Waals surface area (Å²) in [7, 11) is 0. The number of hydrogen-bond donors (Lipinski definition) is 2. The molecule has 176 valence electrons. The van der Waals surface area contributed by atoms with Crippen LogP contribution in [0.5, 0.6) is 0 Å². The second kappa shape index (κ2) is 9.38. The van der Waals surface area contributed by atoms with Crippen molar-refractivity contribution in [1.82, 2.24) is 20.6 Å². The molecule has 3 amide bonds. The Labute approximate surface area is 192 Å². The molecule has 0 aliphatic carbocycles. The van der Waals surface area contributed by atoms with E-state index in [-0.39, 0.29) is 29.9 Å². The van der Waals surface area contributed by atoms with Gasteiger partial charge in [-0.25, -0.2) is 13.5 Å². The van der Waals surface area contributed by atoms with Crippen LogP contribution in [0.1, 0.15) is 30.3 Å². The Balaban J connectivity index is 1.48. The first kappa shape index (κ1) is 23.0. The van der Waals surface area contributed by atoms with Gasteiger partial charge in [-0.15, -0.1) is 0 Å². The van der Waals surface area contributed by atoms with Crippen molar-refractivity contribution in [3.05, 3.63) is 70.1 Å². The first-order valence-corrected chi connectivity index (χ1v) is 10.7. The van der Waals surface area contributed by atoms with Crippen LogP contribution in [0, 0.1) is 17.6 Å². The molecule has 34 heavy (non-hydrogen) atoms. The van der Waals surface area contributed by atoms with Crippen molar-refractivity contribution >= 4 is 34.2 Å². The molecule has 2 aromatic carbocycles. The Bertz CT molecular complexity index is 1360. The van der Waals surface area contributed by atoms with E-state index in [4.69, 9.17) is 0 Å². The third kappa shape index (κ3) is 4.36. The molecular weight excluding hydrogens is 448 g/mol. The number of halogens is 2. The van der Waals surface area contributed by atoms with Gasteiger partial charge < -0.3 is 4.90 Å². The van der Waals surface area contributed by atoms with Crippen LogP contribution in [0.3, 0.4) is 0 Å². The number of hydrogen-bond acceptors (Lipinski definition) is 5. The Morgan fingerprint density at radius 3 is 2.53 bits per heavy atom. The van der Waals surface area contributed by atoms with Crippen molar-refractivity contribution in [2.75, 3.05) is 11.4 Å². The molecule has 2 N–H and O–H groups in total. The number of carbonyl (C=O) groups is 3. The van der Waals surface area contributed by atoms with Crippen molar-refractivity contribution in [3.63, 3.8) is 0 Å². The third-order valence-corrected chi connectivity index (χ3v) is 5.51. The molecule has 1 saturated heterocycles. The minimum Gasteiger partial charge on any atom is -0.309 e. The quantitative estimate of drug-likeness (QED) is 0.554. The van der Waals surface area contributed by atoms with Crippen LogP contribution in [0.25, 0.3) is 10.8 Å². The summed E-state index contributed by atoms with van der Waals surface area (Å²) in [5.74, 6) is -4.45. The number of hydrazine groups is 1. The highest BCUT2D eigenvalue weighted by molar-refractivity contribution is 6.06. The Morgan fingerprint density at radius 1 is 1.09 bits per heavy atom. The number of nitrogens with zero attached hydrogens (tertiary/aromatic N) is 3. The van der Waals surface area contributed by atoms with Gasteiger partial charge >= 0.3 is 0 Å². The lowest BCUT2D eigenvalue weighted by molar-refractivity contribution is -0.126. The highest BCUT2D eigenvalue weighted by Gasteiger charge is 2.36. The molecule has 0 bridgehead atoms. The van der Waals surface area contributed by atoms with Crippen LogP contribution in [0.15, 0.2) is 47.3 Å². The summed E-state index contributed by atoms with van der Waals surface area (Å²) in [6.45, 7) is 2.05. The van der Waals surface area contributed by atoms with Gasteiger partial charge in [-0.3, -0.25) is 30.0 Å². The van der Waals surface area contributed by atoms with Crippen molar-refractivity contribution in [2.24, 2.45) is 5.92 Å². The maximum absolute atomic E-state index is 14.1. The first-order valence-electron chi connectivity index (χ1n) is 10.7. The van der Waals surface area contributed by atoms with E-state index in [0.29, 0.717) is 29.8 Å². The molecule has 2 heterocycles. The van der Waals surface area contributed by atoms with Crippen molar-refractivity contribution in [3.8, 4) is 0 Å². The largest absolute Gasteiger partial charge is 0.309 e. The number of carbonyl (C=O) groups excluding carboxylic acids is 3. The predicted octanol–water partition coefficient (Wildman–Crippen LogP) is 1.90. The summed E-state index contributed by atoms with van der Waals surface area (Å²) < 4.78 is 28.4. The van der Waals surface area contributed by atoms with Crippen molar-refractivity contribution in [1.29, 1.82) is 0 Å². The van der Waals surface area contributed by atoms with E-state index in [9.17, 15) is 28.0 Å². The average Bonchev–Trinajstić information content (AvgIpc) is 3.20. The zero-order valence-electron chi connectivity index (χ0n) is 18.2. The van der Waals surface area contributed by atoms with E-state index in [0.717, 1.165) is 17.0 Å². The molecule has 0 spiro atoms. The zero-order valence-corrected chi connectivity index (χ0v) is 18.2. The normalized spacial score (nSPS) is 15.6. The zero-order chi connectivity index (χ0) is 24.4. The van der Waals surface area contributed by atoms with Crippen molar-refractivity contribution in [2.45, 2.75) is 26.3 Å². The van der Waals surface area contributed by atoms with Crippen molar-refractivity contribution < 1.29 is 23.2 Å². The lowest BCUT2D eigenvalue weighted by Gasteiger charge is -2.17. The van der Waals surface area contributed by atoms with E-state index in [1.165, 1.54) is 4.68 Å². The van der Waals surface area contributed by atoms with Gasteiger partial charge in [0.15, 0.2) is 5.69 Å². The summed E-state index contributed by atoms with van der Waals surface area (Å²) in [6.07, 6.45) is 0.422. The van der Waals surface area contributed by atoms with Gasteiger partial charge in [0.1, 0.15) is 11.6 Å². The molecule has 0 radical (unpaired) electrons. The van der Waals surface area contributed by atoms with Gasteiger partial charge in [-0.2, -0.15) is 5.10 Å². The average molecular weight is 469 g/mol. The van der Waals surface area contributed by atoms with Crippen LogP contribution in [-0.4, -0.2) is 34.0 Å². The molecule has 0 saturated carbocycles. The molecule has 1 aliphatic rings. The van der Waals surface area contributed by atoms with Crippen LogP contribution in [-0.2, 0) is 16.1 Å². The molecule has 11 heteroatoms. The Hall–Kier alpha value is -4.15. The fourth-order valence-electron chi connectivity index (χ4n) is 3.86. The number of rotatable bonds is 5. The second-order valence-corrected chi connectivity index (χ2v) is 7.87. The topological polar surface area (TPSA) is 113 Å². The second-order valence-electron chi connectivity index (χ2n) is 7.87. The van der Waals surface area contributed by atoms with Crippen LogP contribution < -0.4 is 21.3 Å². The standard InChI is InChI=1S/C23H21F2N5O4/c1-2-9-30-23(34)16-6-4-3-5-15(16)20(28-30)22(33)27-26-21(32)13-10-19(31)29(12-13)18-8-7-14(24)11-17(18)25/h3-8,11,13H,2,9-10,12H2,1H3,(H,26,32)(H,27,33). The summed E-state index contributed by atoms with van der Waals surface area (Å²) in [6, 6.07) is 9.33. The third-order valence-electron chi connectivity index (χ3n) is 5.51. The summed E-state index contributed by atoms with van der Waals surface area (Å²) in [5, 5.41) is 4.81. The molecule has 1 unspecified atom stereocenters. The number of aryl methyl sites for hydroxylation is 1. The van der Waals surface area contributed by atoms with Crippen LogP contribution in [0.2, 0.25) is 0 Å². The van der Waals surface area contributed by atoms with Gasteiger partial charge in [0.05, 0.1) is 17.0 Å². The fraction of sp³-hybridized carbons (Fsp3) is 0.261. The summed E-state index contributed by atoms with van der Waals surface area (Å²) >= 11 is 0. The monoisotopic (exact) mass is 469 g/mol. The smallest absolute Gasteiger partial charge is 0.290 e. The van der Waals surface area contributed by atoms with Crippen LogP contribution in [0.4, 0.5) is 14.5 Å². The Morgan fingerprint density at radius 2 is 1.82 bits per heavy atom. The van der Waals surface area contributed by atoms with Gasteiger partial charge in [-0.1, -0.05) is 25.1 Å². The van der Waals surface area contributed by atoms with Gasteiger partial charge in [0, 0.05) is 31.0 Å². The summed E-state index contributed by atoms with van der Waals surface area (Å²) in [5.41, 5.74) is 4.06. The maximum Gasteiger partial charge on any atom is 0.290 e. The van der Waals surface area contributed by atoms with E-state index in [1.807, 2.05) is 6.92 Å². The van der Waals surface area contributed by atoms with E-state index >= 15 is 0 Å². The lowest BCUT2D eigenvalue weighted by Crippen LogP contribution is -2.46. The molecule has 4 rings (SSSR count). The number of aromatic nitrogens is 2. The molecule has 1 aromatic heterocycles. The van der Waals surface area contributed by atoms with Gasteiger partial charge in [0.2, 0.25) is 11.8 Å². The SMILES string of the molecule is CCCn1nc(C(=O)NNC(=O)C2CC(=O)N(c3ccc(F)cc3F)C2)c2ccccc2c1=O. The number of fused-ring (bicyclic) bond motifs is 1. The lowest BCUT2D eigenvalue weighted by atomic mass is 10.1. The minimum atomic E-state index is -0.914. The molecule has 1 atom stereocenters. The molecular formula is C23H21F2N5O4. The van der Waals surface area contributed by atoms with Gasteiger partial charge in [0.25, 0.3) is 11.5 Å². The number of amides is 3. The van der Waals surface area contributed by atoms with E-state index in [1.54, 1.807) is 24.3 Å². The molecule has 1 aliphatic heterocycles. The predicted molar refractivity (Wildman–Crippen MR) is 119 cm³/mol. The highest BCUT2D eigenvalue weighted by Crippen LogP contribution is 2.28. The van der Waals surface area contributed by atoms with E-state index in [2.05, 4.69) is 16.0 Å². The molecule has 1 fully saturated rings. The van der Waals surface area contributed by atoms with Crippen LogP contribution >= 0.6 is 0 Å². The molecule has 9 nitrogen and oxygen atoms in total. The highest BCUT2D eigenvalue weighted by atomic mass is 19.1. The number of benzene rings is 2. The first-order chi connectivity index (χ1) is 16.3.